The Hall–Kier alpha value is -3.69. The van der Waals surface area contributed by atoms with Crippen molar-refractivity contribution in [2.75, 3.05) is 6.54 Å². The molecule has 1 saturated carbocycles. The second-order valence-electron chi connectivity index (χ2n) is 8.12. The van der Waals surface area contributed by atoms with E-state index in [0.29, 0.717) is 23.7 Å². The van der Waals surface area contributed by atoms with Crippen LogP contribution in [-0.2, 0) is 12.7 Å². The Bertz CT molecular complexity index is 1290. The number of nitrogens with one attached hydrogen (secondary N) is 1. The Morgan fingerprint density at radius 3 is 2.27 bits per heavy atom. The van der Waals surface area contributed by atoms with Gasteiger partial charge >= 0.3 is 11.9 Å². The third-order valence-corrected chi connectivity index (χ3v) is 5.42. The maximum atomic E-state index is 13.1. The molecule has 1 N–H and O–H groups in total. The van der Waals surface area contributed by atoms with E-state index in [1.165, 1.54) is 12.1 Å². The summed E-state index contributed by atoms with van der Waals surface area (Å²) < 4.78 is 40.3. The summed E-state index contributed by atoms with van der Waals surface area (Å²) in [5, 5.41) is 6.70. The molecule has 0 unspecified atom stereocenters. The van der Waals surface area contributed by atoms with Gasteiger partial charge in [0.2, 0.25) is 5.69 Å². The number of nitrogens with zero attached hydrogens (tertiary/aromatic N) is 3. The second kappa shape index (κ2) is 8.68. The lowest BCUT2D eigenvalue weighted by Crippen LogP contribution is -2.46. The average molecular weight is 458 g/mol. The number of carbonyl (C=O) groups is 1. The zero-order valence-electron chi connectivity index (χ0n) is 17.7. The molecular weight excluding hydrogens is 437 g/mol. The Kier molecular flexibility index (Phi) is 5.92. The molecule has 10 heteroatoms. The van der Waals surface area contributed by atoms with Crippen LogP contribution in [0.3, 0.4) is 0 Å². The lowest BCUT2D eigenvalue weighted by atomic mass is 10.1. The van der Waals surface area contributed by atoms with Crippen LogP contribution in [0.1, 0.15) is 40.0 Å². The molecule has 4 rings (SSSR count). The molecule has 2 aromatic carbocycles. The molecule has 7 nitrogen and oxygen atoms in total. The van der Waals surface area contributed by atoms with Gasteiger partial charge in [-0.1, -0.05) is 29.8 Å². The van der Waals surface area contributed by atoms with E-state index in [4.69, 9.17) is 0 Å². The quantitative estimate of drug-likeness (QED) is 0.616. The van der Waals surface area contributed by atoms with E-state index in [1.54, 1.807) is 24.3 Å². The molecule has 0 aliphatic heterocycles. The van der Waals surface area contributed by atoms with E-state index < -0.39 is 34.6 Å². The van der Waals surface area contributed by atoms with Crippen molar-refractivity contribution in [1.29, 1.82) is 0 Å². The van der Waals surface area contributed by atoms with Crippen LogP contribution in [0.5, 0.6) is 0 Å². The van der Waals surface area contributed by atoms with Crippen LogP contribution in [0.25, 0.3) is 5.69 Å². The fourth-order valence-electron chi connectivity index (χ4n) is 3.28. The molecule has 1 aliphatic carbocycles. The van der Waals surface area contributed by atoms with Crippen LogP contribution in [0.2, 0.25) is 0 Å². The highest BCUT2D eigenvalue weighted by atomic mass is 19.4. The van der Waals surface area contributed by atoms with Gasteiger partial charge in [0.05, 0.1) is 17.8 Å². The SMILES string of the molecule is Cc1ccc(-n2nc(C(=O)NCC3CC3)c(=O)n(Cc3ccc(C(F)(F)F)cc3)c2=O)cc1. The second-order valence-corrected chi connectivity index (χ2v) is 8.12. The molecule has 1 aromatic heterocycles. The molecule has 3 aromatic rings. The van der Waals surface area contributed by atoms with Crippen molar-refractivity contribution in [1.82, 2.24) is 19.7 Å². The standard InChI is InChI=1S/C23H21F3N4O3/c1-14-2-10-18(11-3-14)30-22(33)29(13-16-6-8-17(9-7-16)23(24,25)26)21(32)19(28-30)20(31)27-12-15-4-5-15/h2-3,6-11,15H,4-5,12-13H2,1H3,(H,27,31). The number of carbonyl (C=O) groups excluding carboxylic acids is 1. The molecule has 1 fully saturated rings. The smallest absolute Gasteiger partial charge is 0.350 e. The van der Waals surface area contributed by atoms with Crippen LogP contribution < -0.4 is 16.6 Å². The average Bonchev–Trinajstić information content (AvgIpc) is 3.60. The molecule has 1 amide bonds. The summed E-state index contributed by atoms with van der Waals surface area (Å²) in [6.07, 6.45) is -2.51. The Labute approximate surface area is 186 Å². The first-order chi connectivity index (χ1) is 15.6. The third-order valence-electron chi connectivity index (χ3n) is 5.42. The van der Waals surface area contributed by atoms with E-state index in [-0.39, 0.29) is 6.54 Å². The van der Waals surface area contributed by atoms with Crippen LogP contribution in [0.4, 0.5) is 13.2 Å². The molecule has 0 saturated heterocycles. The van der Waals surface area contributed by atoms with Crippen molar-refractivity contribution >= 4 is 5.91 Å². The van der Waals surface area contributed by atoms with Crippen molar-refractivity contribution in [3.8, 4) is 5.69 Å². The van der Waals surface area contributed by atoms with Gasteiger partial charge < -0.3 is 5.32 Å². The van der Waals surface area contributed by atoms with Crippen molar-refractivity contribution < 1.29 is 18.0 Å². The van der Waals surface area contributed by atoms with E-state index in [0.717, 1.165) is 39.8 Å². The molecule has 1 heterocycles. The minimum absolute atomic E-state index is 0.299. The molecular formula is C23H21F3N4O3. The molecule has 33 heavy (non-hydrogen) atoms. The molecule has 0 bridgehead atoms. The zero-order chi connectivity index (χ0) is 23.8. The van der Waals surface area contributed by atoms with Crippen molar-refractivity contribution in [2.24, 2.45) is 5.92 Å². The predicted octanol–water partition coefficient (Wildman–Crippen LogP) is 2.91. The molecule has 1 aliphatic rings. The number of halogens is 3. The van der Waals surface area contributed by atoms with Crippen LogP contribution in [-0.4, -0.2) is 26.8 Å². The van der Waals surface area contributed by atoms with Crippen molar-refractivity contribution in [3.05, 3.63) is 91.8 Å². The van der Waals surface area contributed by atoms with E-state index in [2.05, 4.69) is 10.4 Å². The minimum Gasteiger partial charge on any atom is -0.350 e. The number of amides is 1. The van der Waals surface area contributed by atoms with Crippen LogP contribution in [0, 0.1) is 12.8 Å². The zero-order valence-corrected chi connectivity index (χ0v) is 17.7. The van der Waals surface area contributed by atoms with Gasteiger partial charge in [-0.3, -0.25) is 14.2 Å². The number of hydrogen-bond acceptors (Lipinski definition) is 4. The summed E-state index contributed by atoms with van der Waals surface area (Å²) in [4.78, 5) is 38.8. The first kappa shape index (κ1) is 22.5. The maximum absolute atomic E-state index is 13.1. The fourth-order valence-corrected chi connectivity index (χ4v) is 3.28. The van der Waals surface area contributed by atoms with Crippen LogP contribution in [0.15, 0.2) is 58.1 Å². The normalized spacial score (nSPS) is 13.7. The van der Waals surface area contributed by atoms with Gasteiger partial charge in [-0.25, -0.2) is 4.79 Å². The number of aryl methyl sites for hydroxylation is 1. The number of benzene rings is 2. The summed E-state index contributed by atoms with van der Waals surface area (Å²) in [6, 6.07) is 10.9. The summed E-state index contributed by atoms with van der Waals surface area (Å²) in [7, 11) is 0. The Balaban J connectivity index is 1.77. The lowest BCUT2D eigenvalue weighted by Gasteiger charge is -2.13. The van der Waals surface area contributed by atoms with Gasteiger partial charge in [-0.05, 0) is 55.5 Å². The number of aromatic nitrogens is 3. The van der Waals surface area contributed by atoms with Gasteiger partial charge in [-0.2, -0.15) is 23.0 Å². The first-order valence-electron chi connectivity index (χ1n) is 10.4. The highest BCUT2D eigenvalue weighted by molar-refractivity contribution is 5.91. The lowest BCUT2D eigenvalue weighted by molar-refractivity contribution is -0.137. The molecule has 0 spiro atoms. The number of rotatable bonds is 6. The Morgan fingerprint density at radius 2 is 1.70 bits per heavy atom. The summed E-state index contributed by atoms with van der Waals surface area (Å²) >= 11 is 0. The summed E-state index contributed by atoms with van der Waals surface area (Å²) in [6.45, 7) is 1.96. The number of hydrogen-bond donors (Lipinski definition) is 1. The van der Waals surface area contributed by atoms with Crippen molar-refractivity contribution in [2.45, 2.75) is 32.5 Å². The topological polar surface area (TPSA) is 86.0 Å². The fraction of sp³-hybridized carbons (Fsp3) is 0.304. The van der Waals surface area contributed by atoms with E-state index in [1.807, 2.05) is 6.92 Å². The van der Waals surface area contributed by atoms with Gasteiger partial charge in [0.15, 0.2) is 0 Å². The molecule has 172 valence electrons. The molecule has 0 radical (unpaired) electrons. The monoisotopic (exact) mass is 458 g/mol. The first-order valence-corrected chi connectivity index (χ1v) is 10.4. The van der Waals surface area contributed by atoms with Gasteiger partial charge in [0.25, 0.3) is 11.5 Å². The highest BCUT2D eigenvalue weighted by Crippen LogP contribution is 2.29. The maximum Gasteiger partial charge on any atom is 0.416 e. The van der Waals surface area contributed by atoms with E-state index >= 15 is 0 Å². The minimum atomic E-state index is -4.50. The van der Waals surface area contributed by atoms with Crippen molar-refractivity contribution in [3.63, 3.8) is 0 Å². The van der Waals surface area contributed by atoms with Gasteiger partial charge in [-0.15, -0.1) is 0 Å². The highest BCUT2D eigenvalue weighted by Gasteiger charge is 2.30. The third kappa shape index (κ3) is 5.05. The number of alkyl halides is 3. The largest absolute Gasteiger partial charge is 0.416 e. The predicted molar refractivity (Wildman–Crippen MR) is 114 cm³/mol. The van der Waals surface area contributed by atoms with E-state index in [9.17, 15) is 27.6 Å². The van der Waals surface area contributed by atoms with Gasteiger partial charge in [0, 0.05) is 6.54 Å². The van der Waals surface area contributed by atoms with Crippen LogP contribution >= 0.6 is 0 Å². The Morgan fingerprint density at radius 1 is 1.06 bits per heavy atom. The summed E-state index contributed by atoms with van der Waals surface area (Å²) in [5.41, 5.74) is -1.42. The molecule has 0 atom stereocenters. The van der Waals surface area contributed by atoms with Gasteiger partial charge in [0.1, 0.15) is 0 Å². The summed E-state index contributed by atoms with van der Waals surface area (Å²) in [5.74, 6) is -0.333.